The summed E-state index contributed by atoms with van der Waals surface area (Å²) in [6.45, 7) is 4.61. The molecule has 3 N–H and O–H groups in total. The maximum Gasteiger partial charge on any atom is 0.219 e. The molecule has 2 aromatic heterocycles. The quantitative estimate of drug-likeness (QED) is 0.348. The average molecular weight is 249 g/mol. The van der Waals surface area contributed by atoms with Crippen LogP contribution in [0.5, 0.6) is 0 Å². The van der Waals surface area contributed by atoms with Gasteiger partial charge in [-0.05, 0) is 19.9 Å². The first-order chi connectivity index (χ1) is 8.60. The number of nitrogens with zero attached hydrogens (tertiary/aromatic N) is 6. The van der Waals surface area contributed by atoms with Crippen LogP contribution < -0.4 is 5.73 Å². The highest BCUT2D eigenvalue weighted by molar-refractivity contribution is 5.93. The second-order valence-corrected chi connectivity index (χ2v) is 4.13. The van der Waals surface area contributed by atoms with Gasteiger partial charge in [-0.1, -0.05) is 5.16 Å². The molecule has 0 aliphatic carbocycles. The molecule has 0 unspecified atom stereocenters. The minimum atomic E-state index is -0.110. The lowest BCUT2D eigenvalue weighted by Crippen LogP contribution is -2.15. The maximum atomic E-state index is 8.51. The van der Waals surface area contributed by atoms with E-state index < -0.39 is 0 Å². The zero-order valence-corrected chi connectivity index (χ0v) is 10.2. The molecule has 2 rings (SSSR count). The summed E-state index contributed by atoms with van der Waals surface area (Å²) in [5.74, 6) is 0.0854. The van der Waals surface area contributed by atoms with Crippen molar-refractivity contribution in [1.82, 2.24) is 24.5 Å². The standard InChI is InChI=1S/C10H15N7O/c1-7(2)17-4-3-8(13-17)5-16-6-12-10(14-16)9(11)15-18/h3-4,6-7,18H,5H2,1-2H3,(H2,11,15). The Balaban J connectivity index is 2.11. The number of amidine groups is 1. The van der Waals surface area contributed by atoms with Gasteiger partial charge in [0.05, 0.1) is 12.2 Å². The molecular formula is C10H15N7O. The Morgan fingerprint density at radius 2 is 2.28 bits per heavy atom. The molecule has 0 bridgehead atoms. The van der Waals surface area contributed by atoms with Crippen LogP contribution in [0.1, 0.15) is 31.4 Å². The van der Waals surface area contributed by atoms with Crippen LogP contribution in [0.4, 0.5) is 0 Å². The Hall–Kier alpha value is -2.38. The molecule has 2 heterocycles. The number of nitrogens with two attached hydrogens (primary N) is 1. The molecule has 0 radical (unpaired) electrons. The van der Waals surface area contributed by atoms with Gasteiger partial charge in [0.1, 0.15) is 6.33 Å². The van der Waals surface area contributed by atoms with Gasteiger partial charge in [0.2, 0.25) is 11.7 Å². The summed E-state index contributed by atoms with van der Waals surface area (Å²) in [4.78, 5) is 3.93. The molecule has 18 heavy (non-hydrogen) atoms. The molecule has 8 nitrogen and oxygen atoms in total. The monoisotopic (exact) mass is 249 g/mol. The van der Waals surface area contributed by atoms with E-state index in [9.17, 15) is 0 Å². The lowest BCUT2D eigenvalue weighted by Gasteiger charge is -2.03. The van der Waals surface area contributed by atoms with E-state index in [1.165, 1.54) is 6.33 Å². The van der Waals surface area contributed by atoms with E-state index in [1.807, 2.05) is 16.9 Å². The van der Waals surface area contributed by atoms with E-state index in [2.05, 4.69) is 34.2 Å². The molecule has 0 aliphatic rings. The number of rotatable bonds is 4. The summed E-state index contributed by atoms with van der Waals surface area (Å²) >= 11 is 0. The zero-order valence-electron chi connectivity index (χ0n) is 10.2. The summed E-state index contributed by atoms with van der Waals surface area (Å²) in [6, 6.07) is 2.24. The normalized spacial score (nSPS) is 12.3. The van der Waals surface area contributed by atoms with E-state index in [0.717, 1.165) is 5.69 Å². The number of hydrogen-bond donors (Lipinski definition) is 2. The molecule has 2 aromatic rings. The second-order valence-electron chi connectivity index (χ2n) is 4.13. The molecule has 96 valence electrons. The highest BCUT2D eigenvalue weighted by Crippen LogP contribution is 2.05. The number of hydrogen-bond acceptors (Lipinski definition) is 5. The van der Waals surface area contributed by atoms with E-state index >= 15 is 0 Å². The van der Waals surface area contributed by atoms with Gasteiger partial charge in [0.25, 0.3) is 0 Å². The molecule has 0 saturated heterocycles. The van der Waals surface area contributed by atoms with Gasteiger partial charge in [-0.15, -0.1) is 5.10 Å². The van der Waals surface area contributed by atoms with E-state index in [0.29, 0.717) is 12.6 Å². The second kappa shape index (κ2) is 4.86. The van der Waals surface area contributed by atoms with Crippen molar-refractivity contribution in [1.29, 1.82) is 0 Å². The van der Waals surface area contributed by atoms with Crippen molar-refractivity contribution in [3.63, 3.8) is 0 Å². The Morgan fingerprint density at radius 1 is 1.50 bits per heavy atom. The maximum absolute atomic E-state index is 8.51. The van der Waals surface area contributed by atoms with Crippen LogP contribution in [-0.2, 0) is 6.54 Å². The van der Waals surface area contributed by atoms with Gasteiger partial charge in [-0.25, -0.2) is 9.67 Å². The third-order valence-corrected chi connectivity index (χ3v) is 2.39. The first-order valence-corrected chi connectivity index (χ1v) is 5.51. The van der Waals surface area contributed by atoms with Crippen molar-refractivity contribution >= 4 is 5.84 Å². The van der Waals surface area contributed by atoms with Gasteiger partial charge in [0.15, 0.2) is 0 Å². The zero-order chi connectivity index (χ0) is 13.1. The Bertz CT molecular complexity index is 554. The largest absolute Gasteiger partial charge is 0.409 e. The van der Waals surface area contributed by atoms with Gasteiger partial charge in [-0.3, -0.25) is 4.68 Å². The fourth-order valence-electron chi connectivity index (χ4n) is 1.45. The lowest BCUT2D eigenvalue weighted by molar-refractivity contribution is 0.318. The molecule has 0 saturated carbocycles. The van der Waals surface area contributed by atoms with Crippen LogP contribution in [0, 0.1) is 0 Å². The van der Waals surface area contributed by atoms with Crippen LogP contribution in [0.25, 0.3) is 0 Å². The van der Waals surface area contributed by atoms with Crippen molar-refractivity contribution in [2.45, 2.75) is 26.4 Å². The third-order valence-electron chi connectivity index (χ3n) is 2.39. The highest BCUT2D eigenvalue weighted by Gasteiger charge is 2.08. The minimum absolute atomic E-state index is 0.110. The van der Waals surface area contributed by atoms with Crippen molar-refractivity contribution in [3.05, 3.63) is 30.1 Å². The van der Waals surface area contributed by atoms with Crippen molar-refractivity contribution in [3.8, 4) is 0 Å². The van der Waals surface area contributed by atoms with Crippen LogP contribution in [0.15, 0.2) is 23.7 Å². The Morgan fingerprint density at radius 3 is 2.89 bits per heavy atom. The number of oxime groups is 1. The van der Waals surface area contributed by atoms with Crippen molar-refractivity contribution < 1.29 is 5.21 Å². The predicted molar refractivity (Wildman–Crippen MR) is 64.2 cm³/mol. The molecule has 0 spiro atoms. The summed E-state index contributed by atoms with van der Waals surface area (Å²) in [6.07, 6.45) is 3.43. The molecule has 0 aromatic carbocycles. The van der Waals surface area contributed by atoms with Gasteiger partial charge < -0.3 is 10.9 Å². The van der Waals surface area contributed by atoms with Crippen LogP contribution >= 0.6 is 0 Å². The molecule has 8 heteroatoms. The van der Waals surface area contributed by atoms with Crippen LogP contribution in [0.3, 0.4) is 0 Å². The van der Waals surface area contributed by atoms with E-state index in [-0.39, 0.29) is 11.7 Å². The van der Waals surface area contributed by atoms with Gasteiger partial charge in [0, 0.05) is 12.2 Å². The topological polar surface area (TPSA) is 107 Å². The first kappa shape index (κ1) is 12.1. The third kappa shape index (κ3) is 2.47. The van der Waals surface area contributed by atoms with E-state index in [4.69, 9.17) is 10.9 Å². The molecule has 0 amide bonds. The van der Waals surface area contributed by atoms with E-state index in [1.54, 1.807) is 4.68 Å². The molecule has 0 atom stereocenters. The Kier molecular flexibility index (Phi) is 3.26. The van der Waals surface area contributed by atoms with Crippen molar-refractivity contribution in [2.75, 3.05) is 0 Å². The molecule has 0 aliphatic heterocycles. The average Bonchev–Trinajstić information content (AvgIpc) is 2.98. The first-order valence-electron chi connectivity index (χ1n) is 5.51. The summed E-state index contributed by atoms with van der Waals surface area (Å²) in [5.41, 5.74) is 6.26. The fraction of sp³-hybridized carbons (Fsp3) is 0.400. The van der Waals surface area contributed by atoms with Crippen LogP contribution in [-0.4, -0.2) is 35.6 Å². The van der Waals surface area contributed by atoms with Gasteiger partial charge in [-0.2, -0.15) is 5.10 Å². The summed E-state index contributed by atoms with van der Waals surface area (Å²) < 4.78 is 3.46. The smallest absolute Gasteiger partial charge is 0.219 e. The molecular weight excluding hydrogens is 234 g/mol. The highest BCUT2D eigenvalue weighted by atomic mass is 16.4. The summed E-state index contributed by atoms with van der Waals surface area (Å²) in [7, 11) is 0. The summed E-state index contributed by atoms with van der Waals surface area (Å²) in [5, 5.41) is 19.8. The fourth-order valence-corrected chi connectivity index (χ4v) is 1.45. The van der Waals surface area contributed by atoms with Gasteiger partial charge >= 0.3 is 0 Å². The minimum Gasteiger partial charge on any atom is -0.409 e. The molecule has 0 fully saturated rings. The number of aromatic nitrogens is 5. The predicted octanol–water partition coefficient (Wildman–Crippen LogP) is 0.198. The Labute approximate surface area is 104 Å². The SMILES string of the molecule is CC(C)n1ccc(Cn2cnc(C(N)=NO)n2)n1. The lowest BCUT2D eigenvalue weighted by atomic mass is 10.4. The van der Waals surface area contributed by atoms with Crippen molar-refractivity contribution in [2.24, 2.45) is 10.9 Å². The van der Waals surface area contributed by atoms with Crippen LogP contribution in [0.2, 0.25) is 0 Å².